The van der Waals surface area contributed by atoms with Crippen molar-refractivity contribution in [1.29, 1.82) is 0 Å². The van der Waals surface area contributed by atoms with Gasteiger partial charge in [0.25, 0.3) is 0 Å². The van der Waals surface area contributed by atoms with E-state index in [9.17, 15) is 5.11 Å². The quantitative estimate of drug-likeness (QED) is 0.341. The predicted molar refractivity (Wildman–Crippen MR) is 151 cm³/mol. The van der Waals surface area contributed by atoms with Crippen LogP contribution in [0.4, 0.5) is 0 Å². The van der Waals surface area contributed by atoms with E-state index in [1.54, 1.807) is 21.3 Å². The van der Waals surface area contributed by atoms with Gasteiger partial charge in [-0.2, -0.15) is 0 Å². The van der Waals surface area contributed by atoms with Gasteiger partial charge in [0.2, 0.25) is 5.75 Å². The number of aryl methyl sites for hydroxylation is 2. The number of hydrogen-bond donors (Lipinski definition) is 1. The number of unbranched alkanes of at least 4 members (excludes halogenated alkanes) is 3. The van der Waals surface area contributed by atoms with E-state index in [1.165, 1.54) is 24.0 Å². The van der Waals surface area contributed by atoms with Crippen molar-refractivity contribution in [2.24, 2.45) is 4.99 Å². The molecule has 1 N–H and O–H groups in total. The fourth-order valence-electron chi connectivity index (χ4n) is 5.78. The molecule has 0 spiro atoms. The Bertz CT molecular complexity index is 1260. The number of benzene rings is 3. The van der Waals surface area contributed by atoms with Crippen LogP contribution in [0.5, 0.6) is 17.2 Å². The van der Waals surface area contributed by atoms with Gasteiger partial charge in [0.1, 0.15) is 5.84 Å². The summed E-state index contributed by atoms with van der Waals surface area (Å²) in [5, 5.41) is 11.8. The lowest BCUT2D eigenvalue weighted by atomic mass is 9.86. The van der Waals surface area contributed by atoms with Crippen LogP contribution < -0.4 is 14.2 Å². The van der Waals surface area contributed by atoms with Gasteiger partial charge in [0.15, 0.2) is 17.2 Å². The van der Waals surface area contributed by atoms with Crippen LogP contribution in [0.1, 0.15) is 53.5 Å². The number of methoxy groups -OCH3 is 3. The number of nitrogens with zero attached hydrogens (tertiary/aromatic N) is 2. The molecule has 0 aromatic heterocycles. The largest absolute Gasteiger partial charge is 0.493 e. The summed E-state index contributed by atoms with van der Waals surface area (Å²) in [6.07, 6.45) is 7.22. The molecular weight excluding hydrogens is 476 g/mol. The third-order valence-electron chi connectivity index (χ3n) is 7.80. The van der Waals surface area contributed by atoms with Crippen molar-refractivity contribution in [1.82, 2.24) is 4.90 Å². The van der Waals surface area contributed by atoms with E-state index in [-0.39, 0.29) is 0 Å². The number of rotatable bonds is 11. The maximum absolute atomic E-state index is 11.8. The zero-order valence-electron chi connectivity index (χ0n) is 22.7. The van der Waals surface area contributed by atoms with Crippen molar-refractivity contribution in [3.8, 4) is 17.2 Å². The molecule has 2 aliphatic rings. The van der Waals surface area contributed by atoms with Gasteiger partial charge in [-0.05, 0) is 54.5 Å². The third kappa shape index (κ3) is 5.10. The van der Waals surface area contributed by atoms with Gasteiger partial charge in [0, 0.05) is 24.1 Å². The van der Waals surface area contributed by atoms with Crippen molar-refractivity contribution in [2.75, 3.05) is 34.4 Å². The van der Waals surface area contributed by atoms with Crippen LogP contribution in [0.25, 0.3) is 0 Å². The molecule has 3 aromatic rings. The van der Waals surface area contributed by atoms with Gasteiger partial charge < -0.3 is 24.2 Å². The Morgan fingerprint density at radius 2 is 1.47 bits per heavy atom. The molecule has 0 fully saturated rings. The van der Waals surface area contributed by atoms with Crippen LogP contribution in [-0.4, -0.2) is 50.3 Å². The van der Waals surface area contributed by atoms with E-state index in [0.29, 0.717) is 23.7 Å². The summed E-state index contributed by atoms with van der Waals surface area (Å²) in [5.74, 6) is 2.98. The van der Waals surface area contributed by atoms with E-state index in [1.807, 2.05) is 24.3 Å². The Morgan fingerprint density at radius 1 is 0.816 bits per heavy atom. The third-order valence-corrected chi connectivity index (χ3v) is 7.80. The van der Waals surface area contributed by atoms with E-state index >= 15 is 0 Å². The number of aliphatic hydroxyl groups is 1. The Balaban J connectivity index is 1.13. The molecule has 0 radical (unpaired) electrons. The molecular formula is C32H38N2O4. The summed E-state index contributed by atoms with van der Waals surface area (Å²) in [6, 6.07) is 20.9. The molecule has 0 bridgehead atoms. The fraction of sp³-hybridized carbons (Fsp3) is 0.406. The molecule has 0 saturated carbocycles. The standard InChI is InChI=1S/C32H38N2O4/c1-36-28-20-24(21-29(37-2)30(28)38-3)11-7-5-4-6-10-23-14-16-26(17-15-23)32(35)22-25-12-8-9-13-27(25)31-33-18-19-34(31)32/h8-9,12-17,20-21,35H,4-7,10-11,18-19,22H2,1-3H3. The Kier molecular flexibility index (Phi) is 7.89. The summed E-state index contributed by atoms with van der Waals surface area (Å²) in [5.41, 5.74) is 4.71. The summed E-state index contributed by atoms with van der Waals surface area (Å²) >= 11 is 0. The molecule has 200 valence electrons. The highest BCUT2D eigenvalue weighted by atomic mass is 16.5. The molecule has 1 atom stereocenters. The highest BCUT2D eigenvalue weighted by Crippen LogP contribution is 2.40. The van der Waals surface area contributed by atoms with Crippen molar-refractivity contribution in [2.45, 2.75) is 50.7 Å². The number of amidine groups is 1. The minimum Gasteiger partial charge on any atom is -0.493 e. The highest BCUT2D eigenvalue weighted by molar-refractivity contribution is 6.02. The maximum Gasteiger partial charge on any atom is 0.203 e. The molecule has 5 rings (SSSR count). The van der Waals surface area contributed by atoms with Gasteiger partial charge in [-0.1, -0.05) is 61.4 Å². The first-order chi connectivity index (χ1) is 18.6. The van der Waals surface area contributed by atoms with Crippen molar-refractivity contribution in [3.05, 3.63) is 88.5 Å². The number of ether oxygens (including phenoxy) is 3. The molecule has 6 nitrogen and oxygen atoms in total. The second-order valence-corrected chi connectivity index (χ2v) is 10.2. The molecule has 0 aliphatic carbocycles. The topological polar surface area (TPSA) is 63.5 Å². The van der Waals surface area contributed by atoms with Gasteiger partial charge >= 0.3 is 0 Å². The second-order valence-electron chi connectivity index (χ2n) is 10.2. The molecule has 1 unspecified atom stereocenters. The molecule has 2 aliphatic heterocycles. The van der Waals surface area contributed by atoms with Crippen LogP contribution in [0.15, 0.2) is 65.7 Å². The Morgan fingerprint density at radius 3 is 2.13 bits per heavy atom. The van der Waals surface area contributed by atoms with Gasteiger partial charge in [-0.25, -0.2) is 0 Å². The van der Waals surface area contributed by atoms with Crippen LogP contribution in [0.2, 0.25) is 0 Å². The summed E-state index contributed by atoms with van der Waals surface area (Å²) < 4.78 is 16.4. The van der Waals surface area contributed by atoms with Crippen LogP contribution >= 0.6 is 0 Å². The fourth-order valence-corrected chi connectivity index (χ4v) is 5.78. The molecule has 2 heterocycles. The first kappa shape index (κ1) is 26.1. The van der Waals surface area contributed by atoms with Crippen LogP contribution in [0.3, 0.4) is 0 Å². The second kappa shape index (κ2) is 11.5. The first-order valence-electron chi connectivity index (χ1n) is 13.6. The van der Waals surface area contributed by atoms with Crippen LogP contribution in [-0.2, 0) is 25.0 Å². The molecule has 6 heteroatoms. The van der Waals surface area contributed by atoms with Crippen LogP contribution in [0, 0.1) is 0 Å². The lowest BCUT2D eigenvalue weighted by Gasteiger charge is -2.43. The van der Waals surface area contributed by atoms with E-state index in [2.05, 4.69) is 41.3 Å². The van der Waals surface area contributed by atoms with Gasteiger partial charge in [-0.3, -0.25) is 4.99 Å². The van der Waals surface area contributed by atoms with E-state index in [4.69, 9.17) is 19.2 Å². The normalized spacial score (nSPS) is 18.0. The van der Waals surface area contributed by atoms with E-state index in [0.717, 1.165) is 61.3 Å². The van der Waals surface area contributed by atoms with Gasteiger partial charge in [-0.15, -0.1) is 0 Å². The van der Waals surface area contributed by atoms with Crippen molar-refractivity contribution >= 4 is 5.84 Å². The summed E-state index contributed by atoms with van der Waals surface area (Å²) in [7, 11) is 4.93. The lowest BCUT2D eigenvalue weighted by molar-refractivity contribution is -0.0745. The minimum atomic E-state index is -1.05. The predicted octanol–water partition coefficient (Wildman–Crippen LogP) is 5.52. The Labute approximate surface area is 225 Å². The SMILES string of the molecule is COc1cc(CCCCCCc2ccc(C3(O)Cc4ccccc4C4=NCCN43)cc2)cc(OC)c1OC. The lowest BCUT2D eigenvalue weighted by Crippen LogP contribution is -2.53. The summed E-state index contributed by atoms with van der Waals surface area (Å²) in [4.78, 5) is 6.79. The average Bonchev–Trinajstić information content (AvgIpc) is 3.46. The number of hydrogen-bond acceptors (Lipinski definition) is 6. The smallest absolute Gasteiger partial charge is 0.203 e. The van der Waals surface area contributed by atoms with E-state index < -0.39 is 5.72 Å². The van der Waals surface area contributed by atoms with Crippen molar-refractivity contribution < 1.29 is 19.3 Å². The molecule has 0 saturated heterocycles. The number of fused-ring (bicyclic) bond motifs is 3. The monoisotopic (exact) mass is 514 g/mol. The summed E-state index contributed by atoms with van der Waals surface area (Å²) in [6.45, 7) is 1.47. The number of aliphatic imine (C=N–C) groups is 1. The Hall–Kier alpha value is -3.51. The minimum absolute atomic E-state index is 0.577. The maximum atomic E-state index is 11.8. The zero-order valence-corrected chi connectivity index (χ0v) is 22.7. The molecule has 38 heavy (non-hydrogen) atoms. The molecule has 3 aromatic carbocycles. The zero-order chi connectivity index (χ0) is 26.5. The van der Waals surface area contributed by atoms with Gasteiger partial charge in [0.05, 0.1) is 27.9 Å². The first-order valence-corrected chi connectivity index (χ1v) is 13.6. The highest BCUT2D eigenvalue weighted by Gasteiger charge is 2.44. The van der Waals surface area contributed by atoms with Crippen molar-refractivity contribution in [3.63, 3.8) is 0 Å². The average molecular weight is 515 g/mol. The molecule has 0 amide bonds.